The first-order chi connectivity index (χ1) is 6.32. The van der Waals surface area contributed by atoms with Crippen LogP contribution in [0.25, 0.3) is 0 Å². The van der Waals surface area contributed by atoms with Gasteiger partial charge in [0.25, 0.3) is 0 Å². The quantitative estimate of drug-likeness (QED) is 0.665. The first kappa shape index (κ1) is 9.41. The van der Waals surface area contributed by atoms with Crippen molar-refractivity contribution in [3.63, 3.8) is 0 Å². The summed E-state index contributed by atoms with van der Waals surface area (Å²) in [6.07, 6.45) is 4.53. The molecule has 2 saturated heterocycles. The van der Waals surface area contributed by atoms with Crippen molar-refractivity contribution in [1.29, 1.82) is 0 Å². The van der Waals surface area contributed by atoms with E-state index in [0.29, 0.717) is 0 Å². The Balaban J connectivity index is 2.09. The molecule has 0 aliphatic carbocycles. The molecule has 0 bridgehead atoms. The fraction of sp³-hybridized carbons (Fsp3) is 1.00. The maximum atomic E-state index is 12.7. The number of hydrogen-bond acceptors (Lipinski definition) is 2. The Morgan fingerprint density at radius 2 is 2.38 bits per heavy atom. The molecule has 2 rings (SSSR count). The lowest BCUT2D eigenvalue weighted by atomic mass is 9.95. The predicted molar refractivity (Wildman–Crippen MR) is 49.5 cm³/mol. The largest absolute Gasteiger partial charge is 0.383 e. The van der Waals surface area contributed by atoms with Crippen LogP contribution in [0.15, 0.2) is 0 Å². The summed E-state index contributed by atoms with van der Waals surface area (Å²) in [6.45, 7) is 1.66. The molecule has 2 aliphatic heterocycles. The van der Waals surface area contributed by atoms with E-state index in [-0.39, 0.29) is 18.3 Å². The van der Waals surface area contributed by atoms with Gasteiger partial charge in [-0.25, -0.2) is 4.39 Å². The molecule has 13 heavy (non-hydrogen) atoms. The van der Waals surface area contributed by atoms with Crippen molar-refractivity contribution in [2.24, 2.45) is 0 Å². The maximum Gasteiger partial charge on any atom is 0.105 e. The van der Waals surface area contributed by atoms with Crippen LogP contribution in [0.3, 0.4) is 0 Å². The fourth-order valence-electron chi connectivity index (χ4n) is 3.05. The molecule has 0 amide bonds. The first-order valence-corrected chi connectivity index (χ1v) is 5.14. The number of halogens is 1. The van der Waals surface area contributed by atoms with E-state index in [0.717, 1.165) is 26.0 Å². The van der Waals surface area contributed by atoms with Gasteiger partial charge >= 0.3 is 0 Å². The molecule has 0 radical (unpaired) electrons. The van der Waals surface area contributed by atoms with Gasteiger partial charge in [-0.2, -0.15) is 0 Å². The Hall–Kier alpha value is -0.150. The molecule has 0 N–H and O–H groups in total. The van der Waals surface area contributed by atoms with E-state index >= 15 is 0 Å². The van der Waals surface area contributed by atoms with Crippen molar-refractivity contribution in [2.75, 3.05) is 26.9 Å². The minimum atomic E-state index is -0.189. The molecule has 0 spiro atoms. The second kappa shape index (κ2) is 3.54. The Bertz CT molecular complexity index is 188. The monoisotopic (exact) mass is 187 g/mol. The molecular weight excluding hydrogens is 169 g/mol. The number of fused-ring (bicyclic) bond motifs is 1. The highest BCUT2D eigenvalue weighted by molar-refractivity contribution is 5.04. The van der Waals surface area contributed by atoms with E-state index < -0.39 is 0 Å². The van der Waals surface area contributed by atoms with E-state index in [1.54, 1.807) is 7.11 Å². The molecule has 0 aromatic heterocycles. The topological polar surface area (TPSA) is 12.5 Å². The summed E-state index contributed by atoms with van der Waals surface area (Å²) in [4.78, 5) is 2.34. The lowest BCUT2D eigenvalue weighted by Gasteiger charge is -2.33. The number of nitrogens with zero attached hydrogens (tertiary/aromatic N) is 1. The fourth-order valence-corrected chi connectivity index (χ4v) is 3.05. The van der Waals surface area contributed by atoms with Gasteiger partial charge in [0.05, 0.1) is 6.61 Å². The normalized spacial score (nSPS) is 39.7. The second-order valence-electron chi connectivity index (χ2n) is 4.30. The maximum absolute atomic E-state index is 12.7. The molecule has 2 aliphatic rings. The van der Waals surface area contributed by atoms with E-state index in [2.05, 4.69) is 4.90 Å². The molecule has 0 aromatic carbocycles. The van der Waals surface area contributed by atoms with Gasteiger partial charge in [0, 0.05) is 18.7 Å². The zero-order valence-corrected chi connectivity index (χ0v) is 8.26. The predicted octanol–water partition coefficient (Wildman–Crippen LogP) is 1.60. The Morgan fingerprint density at radius 1 is 1.54 bits per heavy atom. The van der Waals surface area contributed by atoms with E-state index in [1.165, 1.54) is 12.8 Å². The van der Waals surface area contributed by atoms with Crippen LogP contribution >= 0.6 is 0 Å². The number of rotatable bonds is 3. The van der Waals surface area contributed by atoms with Gasteiger partial charge in [-0.1, -0.05) is 0 Å². The molecule has 2 heterocycles. The molecule has 2 atom stereocenters. The van der Waals surface area contributed by atoms with Crippen LogP contribution in [-0.4, -0.2) is 43.4 Å². The molecule has 2 unspecified atom stereocenters. The lowest BCUT2D eigenvalue weighted by molar-refractivity contribution is 0.0452. The van der Waals surface area contributed by atoms with Crippen LogP contribution in [0, 0.1) is 0 Å². The van der Waals surface area contributed by atoms with Crippen LogP contribution in [0.1, 0.15) is 25.7 Å². The highest BCUT2D eigenvalue weighted by atomic mass is 19.1. The Morgan fingerprint density at radius 3 is 3.08 bits per heavy atom. The van der Waals surface area contributed by atoms with Gasteiger partial charge in [-0.3, -0.25) is 4.90 Å². The first-order valence-electron chi connectivity index (χ1n) is 5.14. The Labute approximate surface area is 79.1 Å². The van der Waals surface area contributed by atoms with E-state index in [4.69, 9.17) is 4.74 Å². The third kappa shape index (κ3) is 1.38. The standard InChI is InChI=1S/C10H18FNO/c1-13-8-10-4-2-6-12(10)9(7-11)3-5-10/h9H,2-8H2,1H3. The summed E-state index contributed by atoms with van der Waals surface area (Å²) >= 11 is 0. The van der Waals surface area contributed by atoms with Crippen LogP contribution in [-0.2, 0) is 4.74 Å². The summed E-state index contributed by atoms with van der Waals surface area (Å²) < 4.78 is 17.9. The van der Waals surface area contributed by atoms with Gasteiger partial charge in [0.2, 0.25) is 0 Å². The Kier molecular flexibility index (Phi) is 2.56. The van der Waals surface area contributed by atoms with Crippen LogP contribution < -0.4 is 0 Å². The van der Waals surface area contributed by atoms with E-state index in [1.807, 2.05) is 0 Å². The average Bonchev–Trinajstić information content (AvgIpc) is 2.62. The highest BCUT2D eigenvalue weighted by Gasteiger charge is 2.48. The summed E-state index contributed by atoms with van der Waals surface area (Å²) in [5, 5.41) is 0. The average molecular weight is 187 g/mol. The molecular formula is C10H18FNO. The van der Waals surface area contributed by atoms with Crippen LogP contribution in [0.2, 0.25) is 0 Å². The summed E-state index contributed by atoms with van der Waals surface area (Å²) in [5.41, 5.74) is 0.200. The third-order valence-electron chi connectivity index (χ3n) is 3.63. The van der Waals surface area contributed by atoms with Gasteiger partial charge < -0.3 is 4.74 Å². The molecule has 3 heteroatoms. The minimum Gasteiger partial charge on any atom is -0.383 e. The number of hydrogen-bond donors (Lipinski definition) is 0. The lowest BCUT2D eigenvalue weighted by Crippen LogP contribution is -2.46. The van der Waals surface area contributed by atoms with Crippen molar-refractivity contribution >= 4 is 0 Å². The minimum absolute atomic E-state index is 0.178. The van der Waals surface area contributed by atoms with Gasteiger partial charge in [0.15, 0.2) is 0 Å². The van der Waals surface area contributed by atoms with Crippen molar-refractivity contribution in [3.8, 4) is 0 Å². The molecule has 2 nitrogen and oxygen atoms in total. The molecule has 76 valence electrons. The zero-order chi connectivity index (χ0) is 9.31. The summed E-state index contributed by atoms with van der Waals surface area (Å²) in [7, 11) is 1.74. The van der Waals surface area contributed by atoms with Crippen molar-refractivity contribution in [2.45, 2.75) is 37.3 Å². The third-order valence-corrected chi connectivity index (χ3v) is 3.63. The summed E-state index contributed by atoms with van der Waals surface area (Å²) in [5.74, 6) is 0. The molecule has 0 aromatic rings. The number of alkyl halides is 1. The molecule has 2 fully saturated rings. The SMILES string of the molecule is COCC12CCCN1C(CF)CC2. The van der Waals surface area contributed by atoms with E-state index in [9.17, 15) is 4.39 Å². The van der Waals surface area contributed by atoms with Gasteiger partial charge in [-0.05, 0) is 32.2 Å². The zero-order valence-electron chi connectivity index (χ0n) is 8.26. The van der Waals surface area contributed by atoms with Gasteiger partial charge in [0.1, 0.15) is 6.67 Å². The van der Waals surface area contributed by atoms with Crippen LogP contribution in [0.5, 0.6) is 0 Å². The summed E-state index contributed by atoms with van der Waals surface area (Å²) in [6, 6.07) is 0.178. The second-order valence-corrected chi connectivity index (χ2v) is 4.30. The van der Waals surface area contributed by atoms with Crippen LogP contribution in [0.4, 0.5) is 4.39 Å². The highest BCUT2D eigenvalue weighted by Crippen LogP contribution is 2.42. The molecule has 0 saturated carbocycles. The number of ether oxygens (including phenoxy) is 1. The van der Waals surface area contributed by atoms with Crippen molar-refractivity contribution < 1.29 is 9.13 Å². The van der Waals surface area contributed by atoms with Crippen molar-refractivity contribution in [1.82, 2.24) is 4.90 Å². The smallest absolute Gasteiger partial charge is 0.105 e. The van der Waals surface area contributed by atoms with Crippen molar-refractivity contribution in [3.05, 3.63) is 0 Å². The number of methoxy groups -OCH3 is 1. The van der Waals surface area contributed by atoms with Gasteiger partial charge in [-0.15, -0.1) is 0 Å².